The van der Waals surface area contributed by atoms with Crippen LogP contribution in [0, 0.1) is 0 Å². The molecule has 22 heavy (non-hydrogen) atoms. The van der Waals surface area contributed by atoms with Gasteiger partial charge in [-0.2, -0.15) is 0 Å². The summed E-state index contributed by atoms with van der Waals surface area (Å²) in [7, 11) is 0. The first kappa shape index (κ1) is 17.6. The molecule has 2 aromatic rings. The molecule has 0 amide bonds. The fraction of sp³-hybridized carbons (Fsp3) is 0.294. The highest BCUT2D eigenvalue weighted by molar-refractivity contribution is 6.42. The zero-order chi connectivity index (χ0) is 16.1. The van der Waals surface area contributed by atoms with E-state index in [-0.39, 0.29) is 6.04 Å². The minimum absolute atomic E-state index is 0.192. The van der Waals surface area contributed by atoms with Gasteiger partial charge in [0.2, 0.25) is 0 Å². The van der Waals surface area contributed by atoms with E-state index in [9.17, 15) is 5.11 Å². The summed E-state index contributed by atoms with van der Waals surface area (Å²) in [6, 6.07) is 13.1. The van der Waals surface area contributed by atoms with Crippen LogP contribution in [0.25, 0.3) is 0 Å². The molecule has 0 spiro atoms. The van der Waals surface area contributed by atoms with E-state index < -0.39 is 6.10 Å². The Morgan fingerprint density at radius 2 is 1.73 bits per heavy atom. The summed E-state index contributed by atoms with van der Waals surface area (Å²) in [6.45, 7) is 2.49. The third-order valence-electron chi connectivity index (χ3n) is 3.47. The molecule has 0 aliphatic rings. The molecule has 0 heterocycles. The van der Waals surface area contributed by atoms with Crippen LogP contribution in [0.4, 0.5) is 0 Å². The molecule has 0 saturated heterocycles. The predicted molar refractivity (Wildman–Crippen MR) is 94.0 cm³/mol. The SMILES string of the molecule is CC(Cc1ccccc1Cl)NC[C@H](O)c1ccc(Cl)c(Cl)c1. The second kappa shape index (κ2) is 8.19. The molecule has 0 bridgehead atoms. The van der Waals surface area contributed by atoms with E-state index in [4.69, 9.17) is 34.8 Å². The van der Waals surface area contributed by atoms with Gasteiger partial charge in [-0.25, -0.2) is 0 Å². The van der Waals surface area contributed by atoms with Crippen LogP contribution in [0.15, 0.2) is 42.5 Å². The van der Waals surface area contributed by atoms with Gasteiger partial charge in [-0.15, -0.1) is 0 Å². The highest BCUT2D eigenvalue weighted by Crippen LogP contribution is 2.25. The number of hydrogen-bond donors (Lipinski definition) is 2. The smallest absolute Gasteiger partial charge is 0.0915 e. The van der Waals surface area contributed by atoms with E-state index in [0.717, 1.165) is 22.6 Å². The molecular weight excluding hydrogens is 341 g/mol. The van der Waals surface area contributed by atoms with Gasteiger partial charge in [0.05, 0.1) is 16.1 Å². The lowest BCUT2D eigenvalue weighted by molar-refractivity contribution is 0.170. The molecule has 0 aliphatic carbocycles. The van der Waals surface area contributed by atoms with Gasteiger partial charge in [-0.1, -0.05) is 59.1 Å². The normalized spacial score (nSPS) is 13.9. The molecule has 0 fully saturated rings. The van der Waals surface area contributed by atoms with Crippen LogP contribution in [0.5, 0.6) is 0 Å². The van der Waals surface area contributed by atoms with Crippen molar-refractivity contribution < 1.29 is 5.11 Å². The Labute approximate surface area is 146 Å². The zero-order valence-corrected chi connectivity index (χ0v) is 14.5. The maximum atomic E-state index is 10.2. The molecule has 0 aliphatic heterocycles. The van der Waals surface area contributed by atoms with E-state index in [1.807, 2.05) is 24.3 Å². The fourth-order valence-electron chi connectivity index (χ4n) is 2.22. The van der Waals surface area contributed by atoms with Gasteiger partial charge in [0.15, 0.2) is 0 Å². The Balaban J connectivity index is 1.89. The number of hydrogen-bond acceptors (Lipinski definition) is 2. The summed E-state index contributed by atoms with van der Waals surface area (Å²) in [4.78, 5) is 0. The van der Waals surface area contributed by atoms with Crippen molar-refractivity contribution in [1.29, 1.82) is 0 Å². The first-order valence-electron chi connectivity index (χ1n) is 7.07. The molecule has 0 radical (unpaired) electrons. The summed E-state index contributed by atoms with van der Waals surface area (Å²) in [5.74, 6) is 0. The number of nitrogens with one attached hydrogen (secondary N) is 1. The quantitative estimate of drug-likeness (QED) is 0.769. The molecular formula is C17H18Cl3NO. The van der Waals surface area contributed by atoms with Crippen LogP contribution in [-0.4, -0.2) is 17.7 Å². The second-order valence-corrected chi connectivity index (χ2v) is 6.52. The highest BCUT2D eigenvalue weighted by atomic mass is 35.5. The molecule has 5 heteroatoms. The van der Waals surface area contributed by atoms with Gasteiger partial charge in [0, 0.05) is 17.6 Å². The summed E-state index contributed by atoms with van der Waals surface area (Å²) >= 11 is 18.0. The monoisotopic (exact) mass is 357 g/mol. The molecule has 2 atom stereocenters. The molecule has 0 aromatic heterocycles. The summed E-state index contributed by atoms with van der Waals surface area (Å²) in [5, 5.41) is 15.2. The van der Waals surface area contributed by atoms with Crippen molar-refractivity contribution in [3.8, 4) is 0 Å². The minimum atomic E-state index is -0.636. The number of aliphatic hydroxyl groups excluding tert-OH is 1. The topological polar surface area (TPSA) is 32.3 Å². The lowest BCUT2D eigenvalue weighted by Gasteiger charge is -2.18. The predicted octanol–water partition coefficient (Wildman–Crippen LogP) is 4.90. The first-order chi connectivity index (χ1) is 10.5. The molecule has 2 nitrogen and oxygen atoms in total. The minimum Gasteiger partial charge on any atom is -0.387 e. The Morgan fingerprint density at radius 3 is 2.41 bits per heavy atom. The second-order valence-electron chi connectivity index (χ2n) is 5.29. The Kier molecular flexibility index (Phi) is 6.54. The van der Waals surface area contributed by atoms with Crippen molar-refractivity contribution in [1.82, 2.24) is 5.32 Å². The van der Waals surface area contributed by atoms with Crippen molar-refractivity contribution in [2.24, 2.45) is 0 Å². The standard InChI is InChI=1S/C17H18Cl3NO/c1-11(8-12-4-2-3-5-14(12)18)21-10-17(22)13-6-7-15(19)16(20)9-13/h2-7,9,11,17,21-22H,8,10H2,1H3/t11?,17-/m0/s1. The third-order valence-corrected chi connectivity index (χ3v) is 4.58. The Hall–Kier alpha value is -0.770. The van der Waals surface area contributed by atoms with Crippen LogP contribution in [0.2, 0.25) is 15.1 Å². The number of rotatable bonds is 6. The number of benzene rings is 2. The highest BCUT2D eigenvalue weighted by Gasteiger charge is 2.12. The molecule has 118 valence electrons. The van der Waals surface area contributed by atoms with E-state index in [1.165, 1.54) is 0 Å². The van der Waals surface area contributed by atoms with Crippen LogP contribution in [0.3, 0.4) is 0 Å². The van der Waals surface area contributed by atoms with Gasteiger partial charge in [0.1, 0.15) is 0 Å². The van der Waals surface area contributed by atoms with Gasteiger partial charge in [-0.05, 0) is 42.7 Å². The van der Waals surface area contributed by atoms with Crippen molar-refractivity contribution in [3.63, 3.8) is 0 Å². The van der Waals surface area contributed by atoms with E-state index in [2.05, 4.69) is 12.2 Å². The van der Waals surface area contributed by atoms with Gasteiger partial charge in [0.25, 0.3) is 0 Å². The Morgan fingerprint density at radius 1 is 1.00 bits per heavy atom. The lowest BCUT2D eigenvalue weighted by Crippen LogP contribution is -2.32. The number of halogens is 3. The lowest BCUT2D eigenvalue weighted by atomic mass is 10.1. The molecule has 2 rings (SSSR count). The van der Waals surface area contributed by atoms with Crippen LogP contribution < -0.4 is 5.32 Å². The van der Waals surface area contributed by atoms with E-state index in [1.54, 1.807) is 18.2 Å². The van der Waals surface area contributed by atoms with Crippen LogP contribution in [0.1, 0.15) is 24.2 Å². The summed E-state index contributed by atoms with van der Waals surface area (Å²) < 4.78 is 0. The van der Waals surface area contributed by atoms with Crippen molar-refractivity contribution in [2.45, 2.75) is 25.5 Å². The first-order valence-corrected chi connectivity index (χ1v) is 8.20. The maximum absolute atomic E-state index is 10.2. The average molecular weight is 359 g/mol. The zero-order valence-electron chi connectivity index (χ0n) is 12.2. The largest absolute Gasteiger partial charge is 0.387 e. The molecule has 1 unspecified atom stereocenters. The molecule has 2 N–H and O–H groups in total. The van der Waals surface area contributed by atoms with Gasteiger partial charge in [-0.3, -0.25) is 0 Å². The maximum Gasteiger partial charge on any atom is 0.0915 e. The average Bonchev–Trinajstić information content (AvgIpc) is 2.50. The van der Waals surface area contributed by atoms with Gasteiger partial charge >= 0.3 is 0 Å². The van der Waals surface area contributed by atoms with E-state index >= 15 is 0 Å². The van der Waals surface area contributed by atoms with E-state index in [0.29, 0.717) is 16.6 Å². The number of aliphatic hydroxyl groups is 1. The van der Waals surface area contributed by atoms with Crippen LogP contribution in [-0.2, 0) is 6.42 Å². The molecule has 2 aromatic carbocycles. The summed E-state index contributed by atoms with van der Waals surface area (Å²) in [6.07, 6.45) is 0.164. The van der Waals surface area contributed by atoms with Crippen molar-refractivity contribution in [3.05, 3.63) is 68.7 Å². The van der Waals surface area contributed by atoms with Gasteiger partial charge < -0.3 is 10.4 Å². The van der Waals surface area contributed by atoms with Crippen molar-refractivity contribution in [2.75, 3.05) is 6.54 Å². The summed E-state index contributed by atoms with van der Waals surface area (Å²) in [5.41, 5.74) is 1.83. The third kappa shape index (κ3) is 4.87. The fourth-order valence-corrected chi connectivity index (χ4v) is 2.74. The van der Waals surface area contributed by atoms with Crippen molar-refractivity contribution >= 4 is 34.8 Å². The molecule has 0 saturated carbocycles. The van der Waals surface area contributed by atoms with Crippen LogP contribution >= 0.6 is 34.8 Å². The Bertz CT molecular complexity index is 633.